The summed E-state index contributed by atoms with van der Waals surface area (Å²) >= 11 is 0. The predicted molar refractivity (Wildman–Crippen MR) is 167 cm³/mol. The first-order valence-corrected chi connectivity index (χ1v) is 14.2. The number of hydrogen-bond donors (Lipinski definition) is 2. The molecule has 0 fully saturated rings. The first kappa shape index (κ1) is 33.1. The Bertz CT molecular complexity index is 1660. The van der Waals surface area contributed by atoms with Gasteiger partial charge in [0.05, 0.1) is 0 Å². The van der Waals surface area contributed by atoms with Crippen LogP contribution < -0.4 is 10.6 Å². The van der Waals surface area contributed by atoms with Gasteiger partial charge in [-0.2, -0.15) is 0 Å². The second kappa shape index (κ2) is 14.8. The molecular formula is C34H32N2O10. The van der Waals surface area contributed by atoms with Gasteiger partial charge in [0.1, 0.15) is 0 Å². The Labute approximate surface area is 263 Å². The minimum absolute atomic E-state index is 0.330. The van der Waals surface area contributed by atoms with Gasteiger partial charge in [0.15, 0.2) is 12.2 Å². The molecule has 0 spiro atoms. The highest BCUT2D eigenvalue weighted by molar-refractivity contribution is 6.06. The van der Waals surface area contributed by atoms with E-state index >= 15 is 0 Å². The van der Waals surface area contributed by atoms with Crippen LogP contribution in [0, 0.1) is 0 Å². The lowest BCUT2D eigenvalue weighted by molar-refractivity contribution is -0.198. The quantitative estimate of drug-likeness (QED) is 0.181. The Morgan fingerprint density at radius 2 is 0.783 bits per heavy atom. The molecule has 0 aromatic heterocycles. The molecule has 0 bridgehead atoms. The van der Waals surface area contributed by atoms with Crippen molar-refractivity contribution in [1.29, 1.82) is 0 Å². The zero-order chi connectivity index (χ0) is 33.4. The molecule has 4 unspecified atom stereocenters. The van der Waals surface area contributed by atoms with E-state index in [1.54, 1.807) is 48.5 Å². The van der Waals surface area contributed by atoms with Gasteiger partial charge in [-0.05, 0) is 22.9 Å². The second-order valence-electron chi connectivity index (χ2n) is 10.2. The molecule has 12 nitrogen and oxygen atoms in total. The Morgan fingerprint density at radius 3 is 1.13 bits per heavy atom. The van der Waals surface area contributed by atoms with Gasteiger partial charge < -0.3 is 29.6 Å². The standard InChI is InChI=1S/C34H32N2O10/c1-19(37)43-29(31(45-21(3)39)33(41)35-27-17-9-13-23-11-5-7-15-25(23)27)30(44-20(2)38)32(46-22(4)40)34(42)36-28-18-10-14-24-12-6-8-16-26(24)28/h5-18,29-32H,1-4H3,(H,35,41)(H,36,42). The summed E-state index contributed by atoms with van der Waals surface area (Å²) in [6, 6.07) is 24.6. The number of esters is 4. The zero-order valence-corrected chi connectivity index (χ0v) is 25.5. The second-order valence-corrected chi connectivity index (χ2v) is 10.2. The van der Waals surface area contributed by atoms with Crippen LogP contribution in [0.25, 0.3) is 21.5 Å². The summed E-state index contributed by atoms with van der Waals surface area (Å²) < 4.78 is 21.5. The van der Waals surface area contributed by atoms with Gasteiger partial charge in [0.2, 0.25) is 12.2 Å². The van der Waals surface area contributed by atoms with E-state index in [2.05, 4.69) is 10.6 Å². The lowest BCUT2D eigenvalue weighted by Crippen LogP contribution is -2.57. The number of amides is 2. The molecule has 238 valence electrons. The van der Waals surface area contributed by atoms with Gasteiger partial charge in [-0.15, -0.1) is 0 Å². The summed E-state index contributed by atoms with van der Waals surface area (Å²) in [7, 11) is 0. The summed E-state index contributed by atoms with van der Waals surface area (Å²) in [6.45, 7) is 4.03. The van der Waals surface area contributed by atoms with Gasteiger partial charge in [-0.3, -0.25) is 28.8 Å². The van der Waals surface area contributed by atoms with Crippen molar-refractivity contribution in [2.75, 3.05) is 10.6 Å². The average Bonchev–Trinajstić information content (AvgIpc) is 3.00. The SMILES string of the molecule is CC(=O)OC(C(=O)Nc1cccc2ccccc12)C(OC(C)=O)C(OC(C)=O)C(OC(C)=O)C(=O)Nc1cccc2ccccc12. The number of benzene rings is 4. The minimum atomic E-state index is -1.98. The molecule has 4 aromatic rings. The topological polar surface area (TPSA) is 163 Å². The van der Waals surface area contributed by atoms with Crippen LogP contribution in [0.15, 0.2) is 84.9 Å². The van der Waals surface area contributed by atoms with Crippen LogP contribution in [-0.2, 0) is 47.7 Å². The van der Waals surface area contributed by atoms with E-state index in [0.29, 0.717) is 22.1 Å². The first-order valence-electron chi connectivity index (χ1n) is 14.2. The summed E-state index contributed by atoms with van der Waals surface area (Å²) in [4.78, 5) is 77.0. The van der Waals surface area contributed by atoms with E-state index in [0.717, 1.165) is 38.5 Å². The van der Waals surface area contributed by atoms with Crippen LogP contribution in [0.4, 0.5) is 11.4 Å². The van der Waals surface area contributed by atoms with Gasteiger partial charge in [0.25, 0.3) is 11.8 Å². The van der Waals surface area contributed by atoms with Crippen molar-refractivity contribution >= 4 is 68.6 Å². The Morgan fingerprint density at radius 1 is 0.457 bits per heavy atom. The third kappa shape index (κ3) is 8.23. The van der Waals surface area contributed by atoms with Crippen LogP contribution in [0.2, 0.25) is 0 Å². The molecule has 0 aliphatic rings. The molecular weight excluding hydrogens is 596 g/mol. The number of carbonyl (C=O) groups excluding carboxylic acids is 6. The highest BCUT2D eigenvalue weighted by Gasteiger charge is 2.49. The van der Waals surface area contributed by atoms with Crippen molar-refractivity contribution in [1.82, 2.24) is 0 Å². The molecule has 4 atom stereocenters. The van der Waals surface area contributed by atoms with Crippen LogP contribution in [-0.4, -0.2) is 60.1 Å². The number of nitrogens with one attached hydrogen (secondary N) is 2. The molecule has 0 saturated heterocycles. The smallest absolute Gasteiger partial charge is 0.303 e. The molecule has 0 radical (unpaired) electrons. The van der Waals surface area contributed by atoms with E-state index in [4.69, 9.17) is 18.9 Å². The highest BCUT2D eigenvalue weighted by atomic mass is 16.6. The van der Waals surface area contributed by atoms with Crippen LogP contribution in [0.3, 0.4) is 0 Å². The number of fused-ring (bicyclic) bond motifs is 2. The maximum Gasteiger partial charge on any atom is 0.303 e. The maximum absolute atomic E-state index is 13.8. The zero-order valence-electron chi connectivity index (χ0n) is 25.5. The Hall–Kier alpha value is -5.78. The monoisotopic (exact) mass is 628 g/mol. The summed E-state index contributed by atoms with van der Waals surface area (Å²) in [5, 5.41) is 8.20. The van der Waals surface area contributed by atoms with E-state index < -0.39 is 60.1 Å². The van der Waals surface area contributed by atoms with Crippen molar-refractivity contribution in [2.24, 2.45) is 0 Å². The number of rotatable bonds is 11. The number of anilines is 2. The summed E-state index contributed by atoms with van der Waals surface area (Å²) in [5.74, 6) is -5.83. The van der Waals surface area contributed by atoms with E-state index in [1.165, 1.54) is 0 Å². The molecule has 0 heterocycles. The van der Waals surface area contributed by atoms with Gasteiger partial charge >= 0.3 is 23.9 Å². The third-order valence-corrected chi connectivity index (χ3v) is 6.72. The molecule has 2 N–H and O–H groups in total. The summed E-state index contributed by atoms with van der Waals surface area (Å²) in [6.07, 6.45) is -7.87. The van der Waals surface area contributed by atoms with Gasteiger partial charge in [-0.1, -0.05) is 72.8 Å². The molecule has 0 aliphatic carbocycles. The molecule has 46 heavy (non-hydrogen) atoms. The molecule has 2 amide bonds. The predicted octanol–water partition coefficient (Wildman–Crippen LogP) is 4.30. The largest absolute Gasteiger partial charge is 0.454 e. The fraction of sp³-hybridized carbons (Fsp3) is 0.235. The average molecular weight is 629 g/mol. The molecule has 4 aromatic carbocycles. The molecule has 0 saturated carbocycles. The maximum atomic E-state index is 13.8. The third-order valence-electron chi connectivity index (χ3n) is 6.72. The number of hydrogen-bond acceptors (Lipinski definition) is 10. The van der Waals surface area contributed by atoms with Crippen molar-refractivity contribution in [2.45, 2.75) is 52.1 Å². The number of ether oxygens (including phenoxy) is 4. The molecule has 12 heteroatoms. The van der Waals surface area contributed by atoms with Crippen LogP contribution >= 0.6 is 0 Å². The van der Waals surface area contributed by atoms with Crippen LogP contribution in [0.5, 0.6) is 0 Å². The Kier molecular flexibility index (Phi) is 10.7. The Balaban J connectivity index is 1.78. The highest BCUT2D eigenvalue weighted by Crippen LogP contribution is 2.27. The molecule has 0 aliphatic heterocycles. The van der Waals surface area contributed by atoms with E-state index in [-0.39, 0.29) is 0 Å². The van der Waals surface area contributed by atoms with Crippen molar-refractivity contribution in [3.63, 3.8) is 0 Å². The van der Waals surface area contributed by atoms with Crippen molar-refractivity contribution in [3.8, 4) is 0 Å². The number of carbonyl (C=O) groups is 6. The first-order chi connectivity index (χ1) is 21.9. The van der Waals surface area contributed by atoms with E-state index in [9.17, 15) is 28.8 Å². The van der Waals surface area contributed by atoms with Crippen molar-refractivity contribution < 1.29 is 47.7 Å². The fourth-order valence-corrected chi connectivity index (χ4v) is 4.96. The fourth-order valence-electron chi connectivity index (χ4n) is 4.96. The van der Waals surface area contributed by atoms with Gasteiger partial charge in [-0.25, -0.2) is 0 Å². The summed E-state index contributed by atoms with van der Waals surface area (Å²) in [5.41, 5.74) is 0.659. The minimum Gasteiger partial charge on any atom is -0.454 e. The van der Waals surface area contributed by atoms with Gasteiger partial charge in [0, 0.05) is 49.8 Å². The van der Waals surface area contributed by atoms with Crippen LogP contribution in [0.1, 0.15) is 27.7 Å². The lowest BCUT2D eigenvalue weighted by Gasteiger charge is -2.34. The van der Waals surface area contributed by atoms with E-state index in [1.807, 2.05) is 36.4 Å². The molecule has 4 rings (SSSR count). The lowest BCUT2D eigenvalue weighted by atomic mass is 9.99. The normalized spacial score (nSPS) is 13.4. The van der Waals surface area contributed by atoms with Crippen molar-refractivity contribution in [3.05, 3.63) is 84.9 Å².